The van der Waals surface area contributed by atoms with Crippen molar-refractivity contribution in [3.05, 3.63) is 239 Å². The van der Waals surface area contributed by atoms with Crippen LogP contribution in [0.15, 0.2) is 194 Å². The lowest BCUT2D eigenvalue weighted by Gasteiger charge is -2.42. The lowest BCUT2D eigenvalue weighted by Crippen LogP contribution is -2.34. The second-order valence-corrected chi connectivity index (χ2v) is 13.9. The molecule has 1 heterocycles. The summed E-state index contributed by atoms with van der Waals surface area (Å²) >= 11 is 0. The number of hydrogen-bond donors (Lipinski definition) is 0. The summed E-state index contributed by atoms with van der Waals surface area (Å²) in [7, 11) is 0. The summed E-state index contributed by atoms with van der Waals surface area (Å²) in [5.41, 5.74) is 16.7. The Morgan fingerprint density at radius 2 is 0.745 bits per heavy atom. The van der Waals surface area contributed by atoms with Crippen LogP contribution in [0.2, 0.25) is 0 Å². The molecular formula is C50H32O. The number of rotatable bonds is 3. The summed E-state index contributed by atoms with van der Waals surface area (Å²) in [5, 5.41) is 0. The van der Waals surface area contributed by atoms with E-state index < -0.39 is 10.8 Å². The van der Waals surface area contributed by atoms with Crippen molar-refractivity contribution in [2.45, 2.75) is 10.8 Å². The van der Waals surface area contributed by atoms with Crippen LogP contribution >= 0.6 is 0 Å². The molecule has 0 aromatic heterocycles. The third-order valence-corrected chi connectivity index (χ3v) is 11.6. The van der Waals surface area contributed by atoms with E-state index in [0.29, 0.717) is 0 Å². The van der Waals surface area contributed by atoms with Gasteiger partial charge in [0.25, 0.3) is 0 Å². The predicted octanol–water partition coefficient (Wildman–Crippen LogP) is 12.2. The van der Waals surface area contributed by atoms with Crippen molar-refractivity contribution < 1.29 is 4.74 Å². The molecule has 0 N–H and O–H groups in total. The molecule has 3 aliphatic rings. The molecule has 1 nitrogen and oxygen atoms in total. The van der Waals surface area contributed by atoms with Crippen molar-refractivity contribution in [3.8, 4) is 44.9 Å². The zero-order valence-corrected chi connectivity index (χ0v) is 27.9. The largest absolute Gasteiger partial charge is 0.457 e. The van der Waals surface area contributed by atoms with Crippen LogP contribution in [-0.4, -0.2) is 0 Å². The van der Waals surface area contributed by atoms with Crippen LogP contribution in [0.4, 0.5) is 0 Å². The van der Waals surface area contributed by atoms with Crippen LogP contribution in [0.1, 0.15) is 44.5 Å². The van der Waals surface area contributed by atoms with Gasteiger partial charge in [-0.3, -0.25) is 0 Å². The van der Waals surface area contributed by atoms with Gasteiger partial charge in [0.15, 0.2) is 0 Å². The van der Waals surface area contributed by atoms with E-state index in [4.69, 9.17) is 4.74 Å². The van der Waals surface area contributed by atoms with Crippen LogP contribution in [0.5, 0.6) is 11.5 Å². The molecular weight excluding hydrogens is 617 g/mol. The fourth-order valence-electron chi connectivity index (χ4n) is 9.77. The first-order valence-electron chi connectivity index (χ1n) is 17.8. The summed E-state index contributed by atoms with van der Waals surface area (Å²) < 4.78 is 6.80. The summed E-state index contributed by atoms with van der Waals surface area (Å²) in [4.78, 5) is 0. The van der Waals surface area contributed by atoms with Gasteiger partial charge >= 0.3 is 0 Å². The molecule has 0 bridgehead atoms. The first-order chi connectivity index (χ1) is 25.3. The lowest BCUT2D eigenvalue weighted by molar-refractivity contribution is 0.434. The molecule has 8 aromatic carbocycles. The van der Waals surface area contributed by atoms with E-state index in [1.165, 1.54) is 66.8 Å². The standard InChI is InChI=1S/C50H32O/c1-3-16-34(17-4-1)49(35-18-5-2-6-19-35)44-28-13-14-29-46(44)51-47-31-30-33(32-45(47)49)36-23-15-24-40-39-22-9-12-27-43(39)50(48(36)40)41-25-10-7-20-37(41)38-21-8-11-26-42(38)50/h1-32H. The van der Waals surface area contributed by atoms with Gasteiger partial charge in [-0.15, -0.1) is 0 Å². The van der Waals surface area contributed by atoms with Crippen LogP contribution in [0.3, 0.4) is 0 Å². The van der Waals surface area contributed by atoms with E-state index in [9.17, 15) is 0 Å². The molecule has 11 rings (SSSR count). The topological polar surface area (TPSA) is 9.23 Å². The average Bonchev–Trinajstić information content (AvgIpc) is 3.68. The molecule has 2 aliphatic carbocycles. The van der Waals surface area contributed by atoms with Crippen molar-refractivity contribution in [2.75, 3.05) is 0 Å². The first-order valence-corrected chi connectivity index (χ1v) is 17.8. The molecule has 0 saturated heterocycles. The highest BCUT2D eigenvalue weighted by Crippen LogP contribution is 2.65. The maximum atomic E-state index is 6.80. The van der Waals surface area contributed by atoms with Gasteiger partial charge in [0, 0.05) is 11.1 Å². The second-order valence-electron chi connectivity index (χ2n) is 13.9. The predicted molar refractivity (Wildman–Crippen MR) is 207 cm³/mol. The Balaban J connectivity index is 1.24. The van der Waals surface area contributed by atoms with E-state index in [0.717, 1.165) is 22.6 Å². The number of para-hydroxylation sites is 1. The quantitative estimate of drug-likeness (QED) is 0.185. The maximum Gasteiger partial charge on any atom is 0.132 e. The minimum absolute atomic E-state index is 0.440. The van der Waals surface area contributed by atoms with Gasteiger partial charge < -0.3 is 4.74 Å². The first kappa shape index (κ1) is 28.4. The number of ether oxygens (including phenoxy) is 1. The molecule has 1 aliphatic heterocycles. The van der Waals surface area contributed by atoms with Crippen LogP contribution < -0.4 is 4.74 Å². The zero-order valence-electron chi connectivity index (χ0n) is 27.9. The minimum Gasteiger partial charge on any atom is -0.457 e. The van der Waals surface area contributed by atoms with E-state index in [1.807, 2.05) is 0 Å². The molecule has 0 atom stereocenters. The lowest BCUT2D eigenvalue weighted by atomic mass is 9.63. The van der Waals surface area contributed by atoms with E-state index >= 15 is 0 Å². The number of hydrogen-bond acceptors (Lipinski definition) is 1. The van der Waals surface area contributed by atoms with Crippen molar-refractivity contribution in [2.24, 2.45) is 0 Å². The van der Waals surface area contributed by atoms with E-state index in [1.54, 1.807) is 0 Å². The van der Waals surface area contributed by atoms with Crippen molar-refractivity contribution in [1.82, 2.24) is 0 Å². The SMILES string of the molecule is c1ccc(C2(c3ccccc3)c3ccccc3Oc3ccc(-c4cccc5c4C4(c6ccccc6-c6ccccc64)c4ccccc4-5)cc32)cc1. The van der Waals surface area contributed by atoms with Crippen molar-refractivity contribution in [3.63, 3.8) is 0 Å². The molecule has 1 spiro atoms. The third kappa shape index (κ3) is 3.60. The maximum absolute atomic E-state index is 6.80. The van der Waals surface area contributed by atoms with Gasteiger partial charge in [-0.05, 0) is 85.0 Å². The minimum atomic E-state index is -0.589. The Morgan fingerprint density at radius 1 is 0.294 bits per heavy atom. The molecule has 51 heavy (non-hydrogen) atoms. The van der Waals surface area contributed by atoms with Crippen LogP contribution in [0.25, 0.3) is 33.4 Å². The molecule has 0 unspecified atom stereocenters. The van der Waals surface area contributed by atoms with Gasteiger partial charge in [-0.1, -0.05) is 176 Å². The Bertz CT molecular complexity index is 2570. The number of fused-ring (bicyclic) bond motifs is 12. The molecule has 0 saturated carbocycles. The Kier molecular flexibility index (Phi) is 5.86. The van der Waals surface area contributed by atoms with Crippen LogP contribution in [0, 0.1) is 0 Å². The molecule has 0 fully saturated rings. The Morgan fingerprint density at radius 3 is 1.35 bits per heavy atom. The van der Waals surface area contributed by atoms with E-state index in [2.05, 4.69) is 194 Å². The van der Waals surface area contributed by atoms with E-state index in [-0.39, 0.29) is 0 Å². The summed E-state index contributed by atoms with van der Waals surface area (Å²) in [6.07, 6.45) is 0. The molecule has 0 amide bonds. The monoisotopic (exact) mass is 648 g/mol. The average molecular weight is 649 g/mol. The molecule has 1 heteroatoms. The highest BCUT2D eigenvalue weighted by Gasteiger charge is 2.53. The second kappa shape index (κ2) is 10.5. The smallest absolute Gasteiger partial charge is 0.132 e. The fraction of sp³-hybridized carbons (Fsp3) is 0.0400. The highest BCUT2D eigenvalue weighted by atomic mass is 16.5. The summed E-state index contributed by atoms with van der Waals surface area (Å²) in [5.74, 6) is 1.77. The molecule has 8 aromatic rings. The third-order valence-electron chi connectivity index (χ3n) is 11.6. The Labute approximate surface area is 298 Å². The summed E-state index contributed by atoms with van der Waals surface area (Å²) in [6.45, 7) is 0. The van der Waals surface area contributed by atoms with Gasteiger partial charge in [-0.25, -0.2) is 0 Å². The van der Waals surface area contributed by atoms with Gasteiger partial charge in [0.1, 0.15) is 11.5 Å². The van der Waals surface area contributed by atoms with Crippen molar-refractivity contribution >= 4 is 0 Å². The zero-order chi connectivity index (χ0) is 33.6. The van der Waals surface area contributed by atoms with Gasteiger partial charge in [-0.2, -0.15) is 0 Å². The molecule has 0 radical (unpaired) electrons. The number of benzene rings is 8. The van der Waals surface area contributed by atoms with Gasteiger partial charge in [0.05, 0.1) is 10.8 Å². The normalized spacial score (nSPS) is 14.7. The fourth-order valence-corrected chi connectivity index (χ4v) is 9.77. The highest BCUT2D eigenvalue weighted by molar-refractivity contribution is 5.98. The van der Waals surface area contributed by atoms with Crippen molar-refractivity contribution in [1.29, 1.82) is 0 Å². The summed E-state index contributed by atoms with van der Waals surface area (Å²) in [6, 6.07) is 71.4. The Hall–Kier alpha value is -6.44. The molecule has 238 valence electrons. The van der Waals surface area contributed by atoms with Crippen LogP contribution in [-0.2, 0) is 10.8 Å². The van der Waals surface area contributed by atoms with Gasteiger partial charge in [0.2, 0.25) is 0 Å².